The van der Waals surface area contributed by atoms with Gasteiger partial charge >= 0.3 is 0 Å². The van der Waals surface area contributed by atoms with Gasteiger partial charge in [0.1, 0.15) is 28.2 Å². The van der Waals surface area contributed by atoms with Crippen LogP contribution in [0, 0.1) is 74.7 Å². The van der Waals surface area contributed by atoms with E-state index in [1.165, 1.54) is 240 Å². The van der Waals surface area contributed by atoms with Crippen LogP contribution in [0.2, 0.25) is 0 Å². The van der Waals surface area contributed by atoms with Crippen molar-refractivity contribution in [1.29, 1.82) is 0 Å². The van der Waals surface area contributed by atoms with Gasteiger partial charge in [0.25, 0.3) is 0 Å². The number of hydrogen-bond donors (Lipinski definition) is 0. The second kappa shape index (κ2) is 32.3. The van der Waals surface area contributed by atoms with Crippen molar-refractivity contribution in [2.75, 3.05) is 0 Å². The van der Waals surface area contributed by atoms with Crippen LogP contribution < -0.4 is 18.3 Å². The first-order valence-electron chi connectivity index (χ1n) is 42.5. The molecule has 0 atom stereocenters. The zero-order valence-corrected chi connectivity index (χ0v) is 72.6. The van der Waals surface area contributed by atoms with E-state index in [0.717, 1.165) is 32.1 Å². The molecule has 12 aromatic carbocycles. The van der Waals surface area contributed by atoms with Gasteiger partial charge in [-0.25, -0.2) is 18.3 Å². The van der Waals surface area contributed by atoms with E-state index in [0.29, 0.717) is 0 Å². The SMILES string of the molecule is Cc1cc(-c2c(C)ccc3c2Cc2c(C)cccc2-3)[n+](C)cc1-c1ccccc1.Cc1ccc2c(c1)-c1ccc(C)c(-c3cc(C)c(-c4ccccc4)c[n+]3C)c1C2.Cc1ccc2c(c1)Cc1c-2ccc(C)c1-c1cc(C)c(-c2ccccc2)c[n+]1C.Cc1ccc2c(c1-c1cc(CC(C)(C)C)c(-c3ccccc3)c[n+]1C)Cc1ccccc1-2. The second-order valence-electron chi connectivity index (χ2n) is 35.4. The van der Waals surface area contributed by atoms with E-state index >= 15 is 0 Å². The third-order valence-corrected chi connectivity index (χ3v) is 25.5. The minimum Gasteiger partial charge on any atom is -0.200 e. The van der Waals surface area contributed by atoms with Crippen LogP contribution in [0.1, 0.15) is 126 Å². The van der Waals surface area contributed by atoms with Crippen LogP contribution in [0.25, 0.3) is 134 Å². The van der Waals surface area contributed by atoms with Gasteiger partial charge in [-0.05, 0) is 268 Å². The van der Waals surface area contributed by atoms with Crippen molar-refractivity contribution in [2.45, 2.75) is 122 Å². The Balaban J connectivity index is 0.000000114. The maximum atomic E-state index is 2.46. The lowest BCUT2D eigenvalue weighted by molar-refractivity contribution is -0.660. The van der Waals surface area contributed by atoms with Crippen LogP contribution in [-0.2, 0) is 60.3 Å². The third-order valence-electron chi connectivity index (χ3n) is 25.5. The molecule has 4 aliphatic rings. The predicted molar refractivity (Wildman–Crippen MR) is 497 cm³/mol. The average Bonchev–Trinajstić information content (AvgIpc) is 1.64. The van der Waals surface area contributed by atoms with Crippen LogP contribution in [0.5, 0.6) is 0 Å². The Hall–Kier alpha value is -12.8. The summed E-state index contributed by atoms with van der Waals surface area (Å²) in [5.74, 6) is 0. The fourth-order valence-electron chi connectivity index (χ4n) is 19.6. The van der Waals surface area contributed by atoms with E-state index in [2.05, 4.69) is 434 Å². The van der Waals surface area contributed by atoms with Crippen molar-refractivity contribution in [3.05, 3.63) is 403 Å². The molecule has 4 aromatic heterocycles. The number of aromatic nitrogens is 4. The summed E-state index contributed by atoms with van der Waals surface area (Å²) in [5, 5.41) is 0. The number of hydrogen-bond acceptors (Lipinski definition) is 0. The van der Waals surface area contributed by atoms with Gasteiger partial charge in [-0.15, -0.1) is 0 Å². The highest BCUT2D eigenvalue weighted by molar-refractivity contribution is 5.90. The van der Waals surface area contributed by atoms with Crippen molar-refractivity contribution in [3.63, 3.8) is 0 Å². The molecule has 0 N–H and O–H groups in total. The molecule has 16 aromatic rings. The Morgan fingerprint density at radius 2 is 0.546 bits per heavy atom. The molecule has 4 heteroatoms. The lowest BCUT2D eigenvalue weighted by atomic mass is 9.84. The van der Waals surface area contributed by atoms with Crippen LogP contribution in [0.3, 0.4) is 0 Å². The molecule has 0 radical (unpaired) electrons. The molecule has 0 aliphatic heterocycles. The zero-order valence-electron chi connectivity index (χ0n) is 72.6. The smallest absolute Gasteiger partial charge is 0.200 e. The highest BCUT2D eigenvalue weighted by Crippen LogP contribution is 2.49. The minimum absolute atomic E-state index is 0.213. The molecular formula is C115H110N4+4. The van der Waals surface area contributed by atoms with Gasteiger partial charge in [0.05, 0.1) is 22.3 Å². The molecule has 0 amide bonds. The number of fused-ring (bicyclic) bond motifs is 12. The standard InChI is InChI=1S/C31H32N.3C28H26N/c1-21-15-16-26-25-14-10-9-13-23(25)17-27(26)30(21)29-18-24(19-31(2,3)4)28(20-32(29)5)22-11-7-6-8-12-22;1-18-9-8-12-22-23-14-13-19(2)28(25(23)16-24(18)22)27-15-20(3)26(17-29(27)4)21-10-6-5-7-11-21;1-18-10-12-23-22(14-18)16-25-24(23)13-11-19(2)28(25)27-15-20(3)26(17-29(27)4)21-8-6-5-7-9-21;1-18-10-12-22-16-25-23(24(22)14-18)13-11-19(2)28(25)27-15-20(3)26(17-29(27)4)21-8-6-5-7-9-21/h6-16,18,20H,17,19H2,1-5H3;3*5-15,17H,16H2,1-4H3/q4*+1. The van der Waals surface area contributed by atoms with Gasteiger partial charge < -0.3 is 0 Å². The lowest BCUT2D eigenvalue weighted by Crippen LogP contribution is -2.32. The molecular weight excluding hydrogens is 1440 g/mol. The van der Waals surface area contributed by atoms with E-state index in [4.69, 9.17) is 0 Å². The molecule has 4 aliphatic carbocycles. The molecule has 586 valence electrons. The van der Waals surface area contributed by atoms with Crippen LogP contribution >= 0.6 is 0 Å². The summed E-state index contributed by atoms with van der Waals surface area (Å²) in [6.07, 6.45) is 14.3. The normalized spacial score (nSPS) is 12.1. The number of nitrogens with zero attached hydrogens (tertiary/aromatic N) is 4. The molecule has 0 saturated heterocycles. The van der Waals surface area contributed by atoms with E-state index < -0.39 is 0 Å². The van der Waals surface area contributed by atoms with Crippen LogP contribution in [0.15, 0.2) is 298 Å². The molecule has 119 heavy (non-hydrogen) atoms. The Kier molecular flexibility index (Phi) is 21.4. The lowest BCUT2D eigenvalue weighted by Gasteiger charge is -2.21. The Labute approximate surface area is 706 Å². The van der Waals surface area contributed by atoms with Gasteiger partial charge in [-0.1, -0.05) is 281 Å². The van der Waals surface area contributed by atoms with E-state index in [1.54, 1.807) is 0 Å². The summed E-state index contributed by atoms with van der Waals surface area (Å²) >= 11 is 0. The van der Waals surface area contributed by atoms with Crippen molar-refractivity contribution >= 4 is 0 Å². The van der Waals surface area contributed by atoms with Crippen molar-refractivity contribution in [1.82, 2.24) is 0 Å². The topological polar surface area (TPSA) is 15.5 Å². The van der Waals surface area contributed by atoms with Crippen LogP contribution in [0.4, 0.5) is 0 Å². The highest BCUT2D eigenvalue weighted by atomic mass is 14.9. The van der Waals surface area contributed by atoms with Gasteiger partial charge in [0.15, 0.2) is 24.8 Å². The molecule has 0 spiro atoms. The number of pyridine rings is 4. The highest BCUT2D eigenvalue weighted by Gasteiger charge is 2.34. The summed E-state index contributed by atoms with van der Waals surface area (Å²) in [4.78, 5) is 0. The van der Waals surface area contributed by atoms with Gasteiger partial charge in [0, 0.05) is 46.5 Å². The largest absolute Gasteiger partial charge is 0.213 e. The summed E-state index contributed by atoms with van der Waals surface area (Å²) in [6.45, 7) is 29.2. The molecule has 4 heterocycles. The zero-order chi connectivity index (χ0) is 82.8. The second-order valence-corrected chi connectivity index (χ2v) is 35.4. The first kappa shape index (κ1) is 78.7. The summed E-state index contributed by atoms with van der Waals surface area (Å²) in [7, 11) is 8.72. The molecule has 0 saturated carbocycles. The summed E-state index contributed by atoms with van der Waals surface area (Å²) in [5.41, 5.74) is 58.9. The number of benzene rings is 12. The maximum Gasteiger partial charge on any atom is 0.213 e. The molecule has 20 rings (SSSR count). The van der Waals surface area contributed by atoms with Crippen molar-refractivity contribution < 1.29 is 18.3 Å². The van der Waals surface area contributed by atoms with E-state index in [-0.39, 0.29) is 5.41 Å². The van der Waals surface area contributed by atoms with Crippen molar-refractivity contribution in [3.8, 4) is 134 Å². The van der Waals surface area contributed by atoms with Crippen LogP contribution in [-0.4, -0.2) is 0 Å². The average molecular weight is 1550 g/mol. The summed E-state index contributed by atoms with van der Waals surface area (Å²) < 4.78 is 9.23. The first-order valence-corrected chi connectivity index (χ1v) is 42.5. The maximum absolute atomic E-state index is 2.46. The van der Waals surface area contributed by atoms with Gasteiger partial charge in [-0.3, -0.25) is 0 Å². The van der Waals surface area contributed by atoms with E-state index in [1.807, 2.05) is 0 Å². The molecule has 0 fully saturated rings. The Bertz CT molecular complexity index is 6660. The molecule has 0 bridgehead atoms. The molecule has 4 nitrogen and oxygen atoms in total. The number of aryl methyl sites for hydroxylation is 14. The minimum atomic E-state index is 0.213. The monoisotopic (exact) mass is 1550 g/mol. The van der Waals surface area contributed by atoms with Gasteiger partial charge in [0.2, 0.25) is 22.8 Å². The van der Waals surface area contributed by atoms with Gasteiger partial charge in [-0.2, -0.15) is 0 Å². The number of rotatable bonds is 9. The molecule has 0 unspecified atom stereocenters. The van der Waals surface area contributed by atoms with Crippen molar-refractivity contribution in [2.24, 2.45) is 33.6 Å². The Morgan fingerprint density at radius 1 is 0.227 bits per heavy atom. The fraction of sp³-hybridized carbons (Fsp3) is 0.200. The Morgan fingerprint density at radius 3 is 0.992 bits per heavy atom. The summed E-state index contributed by atoms with van der Waals surface area (Å²) in [6, 6.07) is 100. The fourth-order valence-corrected chi connectivity index (χ4v) is 19.6. The quantitative estimate of drug-likeness (QED) is 0.128. The third kappa shape index (κ3) is 15.2. The first-order chi connectivity index (χ1) is 57.4. The predicted octanol–water partition coefficient (Wildman–Crippen LogP) is 26.3. The van der Waals surface area contributed by atoms with E-state index in [9.17, 15) is 0 Å².